The Morgan fingerprint density at radius 3 is 2.48 bits per heavy atom. The second-order valence-electron chi connectivity index (χ2n) is 7.70. The SMILES string of the molecule is Cc1ccc(S(=O)(=O)NCc2ccco2)cc1C(=O)NCC1CCN(S(C)(=O)=O)CC1. The number of sulfonamides is 2. The first-order chi connectivity index (χ1) is 14.6. The van der Waals surface area contributed by atoms with Crippen molar-refractivity contribution >= 4 is 26.0 Å². The number of hydrogen-bond acceptors (Lipinski definition) is 6. The molecule has 2 heterocycles. The first-order valence-corrected chi connectivity index (χ1v) is 13.3. The lowest BCUT2D eigenvalue weighted by Gasteiger charge is -2.30. The van der Waals surface area contributed by atoms with E-state index in [1.165, 1.54) is 29.0 Å². The molecule has 170 valence electrons. The van der Waals surface area contributed by atoms with E-state index in [9.17, 15) is 21.6 Å². The van der Waals surface area contributed by atoms with Gasteiger partial charge in [-0.1, -0.05) is 6.07 Å². The van der Waals surface area contributed by atoms with E-state index in [1.54, 1.807) is 25.1 Å². The van der Waals surface area contributed by atoms with E-state index in [1.807, 2.05) is 0 Å². The van der Waals surface area contributed by atoms with Crippen LogP contribution in [0.1, 0.15) is 34.5 Å². The molecule has 31 heavy (non-hydrogen) atoms. The average Bonchev–Trinajstić information content (AvgIpc) is 3.24. The van der Waals surface area contributed by atoms with Crippen LogP contribution in [0.3, 0.4) is 0 Å². The van der Waals surface area contributed by atoms with Gasteiger partial charge in [-0.25, -0.2) is 25.9 Å². The van der Waals surface area contributed by atoms with Crippen LogP contribution in [0, 0.1) is 12.8 Å². The molecule has 0 spiro atoms. The number of furan rings is 1. The molecule has 0 radical (unpaired) electrons. The van der Waals surface area contributed by atoms with Gasteiger partial charge in [0, 0.05) is 25.2 Å². The maximum atomic E-state index is 12.7. The number of hydrogen-bond donors (Lipinski definition) is 2. The van der Waals surface area contributed by atoms with Crippen LogP contribution in [0.4, 0.5) is 0 Å². The number of nitrogens with zero attached hydrogens (tertiary/aromatic N) is 1. The summed E-state index contributed by atoms with van der Waals surface area (Å²) in [5, 5.41) is 2.86. The lowest BCUT2D eigenvalue weighted by Crippen LogP contribution is -2.41. The van der Waals surface area contributed by atoms with Crippen molar-refractivity contribution < 1.29 is 26.0 Å². The average molecular weight is 470 g/mol. The number of rotatable bonds is 8. The van der Waals surface area contributed by atoms with Gasteiger partial charge in [-0.3, -0.25) is 4.79 Å². The maximum absolute atomic E-state index is 12.7. The van der Waals surface area contributed by atoms with Crippen LogP contribution in [0.25, 0.3) is 0 Å². The maximum Gasteiger partial charge on any atom is 0.251 e. The third-order valence-electron chi connectivity index (χ3n) is 5.37. The minimum absolute atomic E-state index is 0.00346. The van der Waals surface area contributed by atoms with Gasteiger partial charge in [0.2, 0.25) is 20.0 Å². The van der Waals surface area contributed by atoms with Crippen LogP contribution in [0.15, 0.2) is 45.9 Å². The summed E-state index contributed by atoms with van der Waals surface area (Å²) in [5.74, 6) is 0.297. The van der Waals surface area contributed by atoms with Crippen molar-refractivity contribution in [3.8, 4) is 0 Å². The third kappa shape index (κ3) is 6.16. The van der Waals surface area contributed by atoms with E-state index < -0.39 is 20.0 Å². The van der Waals surface area contributed by atoms with E-state index in [4.69, 9.17) is 4.42 Å². The van der Waals surface area contributed by atoms with Gasteiger partial charge in [0.25, 0.3) is 5.91 Å². The third-order valence-corrected chi connectivity index (χ3v) is 8.08. The monoisotopic (exact) mass is 469 g/mol. The van der Waals surface area contributed by atoms with Crippen LogP contribution in [0.2, 0.25) is 0 Å². The molecule has 2 aromatic rings. The van der Waals surface area contributed by atoms with E-state index in [-0.39, 0.29) is 28.8 Å². The van der Waals surface area contributed by atoms with Gasteiger partial charge < -0.3 is 9.73 Å². The zero-order chi connectivity index (χ0) is 22.6. The Balaban J connectivity index is 1.61. The smallest absolute Gasteiger partial charge is 0.251 e. The van der Waals surface area contributed by atoms with Crippen molar-refractivity contribution in [2.45, 2.75) is 31.2 Å². The van der Waals surface area contributed by atoms with Gasteiger partial charge in [-0.2, -0.15) is 0 Å². The highest BCUT2D eigenvalue weighted by Crippen LogP contribution is 2.20. The van der Waals surface area contributed by atoms with E-state index in [0.717, 1.165) is 0 Å². The summed E-state index contributed by atoms with van der Waals surface area (Å²) in [7, 11) is -7.01. The van der Waals surface area contributed by atoms with Gasteiger partial charge in [0.15, 0.2) is 0 Å². The standard InChI is InChI=1S/C20H27N3O6S2/c1-15-5-6-18(31(27,28)22-14-17-4-3-11-29-17)12-19(15)20(24)21-13-16-7-9-23(10-8-16)30(2,25)26/h3-6,11-12,16,22H,7-10,13-14H2,1-2H3,(H,21,24). The molecule has 3 rings (SSSR count). The number of amides is 1. The molecule has 1 aliphatic heterocycles. The zero-order valence-electron chi connectivity index (χ0n) is 17.5. The highest BCUT2D eigenvalue weighted by molar-refractivity contribution is 7.89. The fourth-order valence-corrected chi connectivity index (χ4v) is 5.35. The van der Waals surface area contributed by atoms with Crippen molar-refractivity contribution in [2.75, 3.05) is 25.9 Å². The molecule has 0 bridgehead atoms. The largest absolute Gasteiger partial charge is 0.468 e. The Bertz CT molecular complexity index is 1120. The lowest BCUT2D eigenvalue weighted by atomic mass is 9.98. The first-order valence-electron chi connectivity index (χ1n) is 9.92. The van der Waals surface area contributed by atoms with Gasteiger partial charge in [-0.05, 0) is 55.5 Å². The van der Waals surface area contributed by atoms with Gasteiger partial charge in [-0.15, -0.1) is 0 Å². The van der Waals surface area contributed by atoms with Crippen LogP contribution in [-0.2, 0) is 26.6 Å². The quantitative estimate of drug-likeness (QED) is 0.603. The summed E-state index contributed by atoms with van der Waals surface area (Å²) in [5.41, 5.74) is 0.948. The topological polar surface area (TPSA) is 126 Å². The van der Waals surface area contributed by atoms with E-state index in [2.05, 4.69) is 10.0 Å². The molecular formula is C20H27N3O6S2. The first kappa shape index (κ1) is 23.5. The summed E-state index contributed by atoms with van der Waals surface area (Å²) in [4.78, 5) is 12.7. The minimum atomic E-state index is -3.82. The number of carbonyl (C=O) groups is 1. The summed E-state index contributed by atoms with van der Waals surface area (Å²) in [6.45, 7) is 3.04. The number of nitrogens with one attached hydrogen (secondary N) is 2. The van der Waals surface area contributed by atoms with Crippen LogP contribution < -0.4 is 10.0 Å². The summed E-state index contributed by atoms with van der Waals surface area (Å²) in [6.07, 6.45) is 3.99. The fraction of sp³-hybridized carbons (Fsp3) is 0.450. The molecular weight excluding hydrogens is 442 g/mol. The van der Waals surface area contributed by atoms with Gasteiger partial charge in [0.1, 0.15) is 5.76 Å². The molecule has 0 saturated carbocycles. The minimum Gasteiger partial charge on any atom is -0.468 e. The van der Waals surface area contributed by atoms with Crippen LogP contribution >= 0.6 is 0 Å². The fourth-order valence-electron chi connectivity index (χ4n) is 3.45. The molecule has 0 atom stereocenters. The lowest BCUT2D eigenvalue weighted by molar-refractivity contribution is 0.0940. The predicted molar refractivity (Wildman–Crippen MR) is 115 cm³/mol. The molecule has 1 aliphatic rings. The van der Waals surface area contributed by atoms with Crippen LogP contribution in [-0.4, -0.2) is 52.9 Å². The van der Waals surface area contributed by atoms with Gasteiger partial charge >= 0.3 is 0 Å². The number of piperidine rings is 1. The molecule has 1 aromatic heterocycles. The van der Waals surface area contributed by atoms with E-state index in [0.29, 0.717) is 43.8 Å². The normalized spacial score (nSPS) is 16.3. The van der Waals surface area contributed by atoms with Crippen molar-refractivity contribution in [3.05, 3.63) is 53.5 Å². The number of benzene rings is 1. The van der Waals surface area contributed by atoms with Crippen LogP contribution in [0.5, 0.6) is 0 Å². The summed E-state index contributed by atoms with van der Waals surface area (Å²) < 4.78 is 57.4. The highest BCUT2D eigenvalue weighted by Gasteiger charge is 2.25. The highest BCUT2D eigenvalue weighted by atomic mass is 32.2. The van der Waals surface area contributed by atoms with Crippen molar-refractivity contribution in [1.82, 2.24) is 14.3 Å². The second-order valence-corrected chi connectivity index (χ2v) is 11.4. The molecule has 0 aliphatic carbocycles. The molecule has 1 saturated heterocycles. The molecule has 1 aromatic carbocycles. The Morgan fingerprint density at radius 2 is 1.87 bits per heavy atom. The molecule has 2 N–H and O–H groups in total. The molecule has 1 fully saturated rings. The number of aryl methyl sites for hydroxylation is 1. The predicted octanol–water partition coefficient (Wildman–Crippen LogP) is 1.47. The summed E-state index contributed by atoms with van der Waals surface area (Å²) >= 11 is 0. The van der Waals surface area contributed by atoms with Crippen molar-refractivity contribution in [1.29, 1.82) is 0 Å². The Morgan fingerprint density at radius 1 is 1.16 bits per heavy atom. The summed E-state index contributed by atoms with van der Waals surface area (Å²) in [6, 6.07) is 7.75. The zero-order valence-corrected chi connectivity index (χ0v) is 19.1. The molecule has 0 unspecified atom stereocenters. The Labute approximate surface area is 182 Å². The van der Waals surface area contributed by atoms with Crippen molar-refractivity contribution in [2.24, 2.45) is 5.92 Å². The Hall–Kier alpha value is -2.21. The number of carbonyl (C=O) groups excluding carboxylic acids is 1. The molecule has 11 heteroatoms. The Kier molecular flexibility index (Phi) is 7.20. The molecule has 9 nitrogen and oxygen atoms in total. The van der Waals surface area contributed by atoms with Gasteiger partial charge in [0.05, 0.1) is 24.0 Å². The van der Waals surface area contributed by atoms with E-state index >= 15 is 0 Å². The second kappa shape index (κ2) is 9.51. The van der Waals surface area contributed by atoms with Crippen molar-refractivity contribution in [3.63, 3.8) is 0 Å². The molecule has 1 amide bonds.